The van der Waals surface area contributed by atoms with Crippen molar-refractivity contribution in [3.8, 4) is 6.07 Å². The van der Waals surface area contributed by atoms with E-state index in [1.165, 1.54) is 19.3 Å². The first-order chi connectivity index (χ1) is 8.88. The number of benzene rings is 2. The predicted octanol–water partition coefficient (Wildman–Crippen LogP) is 3.92. The van der Waals surface area contributed by atoms with Crippen LogP contribution >= 0.6 is 0 Å². The molecule has 1 aliphatic carbocycles. The van der Waals surface area contributed by atoms with Gasteiger partial charge in [0, 0.05) is 23.0 Å². The van der Waals surface area contributed by atoms with E-state index in [2.05, 4.69) is 17.5 Å². The molecule has 90 valence electrons. The Morgan fingerprint density at radius 3 is 2.61 bits per heavy atom. The van der Waals surface area contributed by atoms with Gasteiger partial charge >= 0.3 is 0 Å². The molecule has 2 heteroatoms. The van der Waals surface area contributed by atoms with Crippen molar-refractivity contribution in [2.24, 2.45) is 5.92 Å². The Bertz CT molecular complexity index is 606. The van der Waals surface area contributed by atoms with E-state index in [-0.39, 0.29) is 0 Å². The van der Waals surface area contributed by atoms with Crippen LogP contribution in [0.15, 0.2) is 36.4 Å². The number of hydrogen-bond donors (Lipinski definition) is 1. The normalized spacial score (nSPS) is 14.4. The quantitative estimate of drug-likeness (QED) is 0.873. The summed E-state index contributed by atoms with van der Waals surface area (Å²) in [6.45, 7) is 1.03. The van der Waals surface area contributed by atoms with Gasteiger partial charge in [-0.25, -0.2) is 0 Å². The van der Waals surface area contributed by atoms with Crippen LogP contribution in [-0.4, -0.2) is 6.54 Å². The molecule has 3 rings (SSSR count). The monoisotopic (exact) mass is 236 g/mol. The van der Waals surface area contributed by atoms with Gasteiger partial charge in [-0.3, -0.25) is 0 Å². The number of anilines is 1. The molecule has 18 heavy (non-hydrogen) atoms. The largest absolute Gasteiger partial charge is 0.385 e. The molecule has 0 radical (unpaired) electrons. The lowest BCUT2D eigenvalue weighted by molar-refractivity contribution is 0.761. The minimum atomic E-state index is 0.748. The zero-order valence-electron chi connectivity index (χ0n) is 10.3. The maximum absolute atomic E-state index is 9.11. The van der Waals surface area contributed by atoms with E-state index in [4.69, 9.17) is 5.26 Å². The van der Waals surface area contributed by atoms with Gasteiger partial charge in [0.05, 0.1) is 11.6 Å². The van der Waals surface area contributed by atoms with Gasteiger partial charge in [0.25, 0.3) is 0 Å². The molecule has 1 saturated carbocycles. The predicted molar refractivity (Wildman–Crippen MR) is 74.5 cm³/mol. The highest BCUT2D eigenvalue weighted by Crippen LogP contribution is 2.32. The zero-order chi connectivity index (χ0) is 12.4. The van der Waals surface area contributed by atoms with Crippen LogP contribution in [0.4, 0.5) is 5.69 Å². The van der Waals surface area contributed by atoms with Crippen LogP contribution in [0.3, 0.4) is 0 Å². The van der Waals surface area contributed by atoms with Gasteiger partial charge in [-0.05, 0) is 24.5 Å². The molecule has 2 aromatic rings. The fourth-order valence-electron chi connectivity index (χ4n) is 2.37. The Hall–Kier alpha value is -2.01. The topological polar surface area (TPSA) is 35.8 Å². The molecule has 0 bridgehead atoms. The van der Waals surface area contributed by atoms with Crippen molar-refractivity contribution < 1.29 is 0 Å². The van der Waals surface area contributed by atoms with Crippen molar-refractivity contribution in [3.63, 3.8) is 0 Å². The smallest absolute Gasteiger partial charge is 0.0998 e. The molecule has 0 amide bonds. The second kappa shape index (κ2) is 4.70. The molecule has 1 aliphatic rings. The number of nitrogens with zero attached hydrogens (tertiary/aromatic N) is 1. The van der Waals surface area contributed by atoms with Crippen LogP contribution in [0.25, 0.3) is 10.8 Å². The standard InChI is InChI=1S/C16H16N2/c17-11-13-7-8-16(18-10-9-12-5-6-12)15-4-2-1-3-14(13)15/h1-4,7-8,12,18H,5-6,9-10H2. The van der Waals surface area contributed by atoms with E-state index in [9.17, 15) is 0 Å². The van der Waals surface area contributed by atoms with Crippen LogP contribution in [0.1, 0.15) is 24.8 Å². The SMILES string of the molecule is N#Cc1ccc(NCCC2CC2)c2ccccc12. The Balaban J connectivity index is 1.89. The summed E-state index contributed by atoms with van der Waals surface area (Å²) in [5.41, 5.74) is 1.89. The first kappa shape index (κ1) is 11.1. The third kappa shape index (κ3) is 2.17. The summed E-state index contributed by atoms with van der Waals surface area (Å²) in [5, 5.41) is 14.8. The fourth-order valence-corrected chi connectivity index (χ4v) is 2.37. The summed E-state index contributed by atoms with van der Waals surface area (Å²) >= 11 is 0. The van der Waals surface area contributed by atoms with Gasteiger partial charge in [0.1, 0.15) is 0 Å². The van der Waals surface area contributed by atoms with E-state index in [0.29, 0.717) is 0 Å². The van der Waals surface area contributed by atoms with E-state index >= 15 is 0 Å². The fraction of sp³-hybridized carbons (Fsp3) is 0.312. The van der Waals surface area contributed by atoms with Crippen LogP contribution < -0.4 is 5.32 Å². The Kier molecular flexibility index (Phi) is 2.90. The minimum absolute atomic E-state index is 0.748. The van der Waals surface area contributed by atoms with Gasteiger partial charge < -0.3 is 5.32 Å². The van der Waals surface area contributed by atoms with Gasteiger partial charge in [0.2, 0.25) is 0 Å². The molecule has 2 aromatic carbocycles. The number of nitriles is 1. The van der Waals surface area contributed by atoms with Crippen molar-refractivity contribution in [3.05, 3.63) is 42.0 Å². The van der Waals surface area contributed by atoms with Crippen LogP contribution in [-0.2, 0) is 0 Å². The van der Waals surface area contributed by atoms with Gasteiger partial charge in [-0.2, -0.15) is 5.26 Å². The Labute approximate surface area is 107 Å². The molecule has 0 aromatic heterocycles. The Morgan fingerprint density at radius 1 is 1.11 bits per heavy atom. The summed E-state index contributed by atoms with van der Waals surface area (Å²) in [6, 6.07) is 14.3. The molecule has 0 atom stereocenters. The first-order valence-corrected chi connectivity index (χ1v) is 6.54. The lowest BCUT2D eigenvalue weighted by Gasteiger charge is -2.10. The first-order valence-electron chi connectivity index (χ1n) is 6.54. The Morgan fingerprint density at radius 2 is 1.89 bits per heavy atom. The molecule has 0 heterocycles. The molecule has 1 N–H and O–H groups in total. The lowest BCUT2D eigenvalue weighted by atomic mass is 10.0. The molecule has 2 nitrogen and oxygen atoms in total. The molecular weight excluding hydrogens is 220 g/mol. The highest BCUT2D eigenvalue weighted by Gasteiger charge is 2.20. The molecule has 0 unspecified atom stereocenters. The highest BCUT2D eigenvalue weighted by atomic mass is 14.9. The second-order valence-electron chi connectivity index (χ2n) is 4.98. The van der Waals surface area contributed by atoms with Crippen molar-refractivity contribution in [1.82, 2.24) is 0 Å². The van der Waals surface area contributed by atoms with Crippen molar-refractivity contribution in [1.29, 1.82) is 5.26 Å². The average molecular weight is 236 g/mol. The van der Waals surface area contributed by atoms with Gasteiger partial charge in [-0.1, -0.05) is 37.1 Å². The van der Waals surface area contributed by atoms with E-state index in [1.807, 2.05) is 30.3 Å². The lowest BCUT2D eigenvalue weighted by Crippen LogP contribution is -2.02. The summed E-state index contributed by atoms with van der Waals surface area (Å²) in [5.74, 6) is 0.946. The maximum Gasteiger partial charge on any atom is 0.0998 e. The minimum Gasteiger partial charge on any atom is -0.385 e. The number of rotatable bonds is 4. The summed E-state index contributed by atoms with van der Waals surface area (Å²) < 4.78 is 0. The van der Waals surface area contributed by atoms with Crippen molar-refractivity contribution >= 4 is 16.5 Å². The molecule has 0 saturated heterocycles. The number of hydrogen-bond acceptors (Lipinski definition) is 2. The summed E-state index contributed by atoms with van der Waals surface area (Å²) in [6.07, 6.45) is 4.06. The molecular formula is C16H16N2. The van der Waals surface area contributed by atoms with Gasteiger partial charge in [0.15, 0.2) is 0 Å². The molecule has 1 fully saturated rings. The maximum atomic E-state index is 9.11. The van der Waals surface area contributed by atoms with E-state index in [0.717, 1.165) is 34.5 Å². The average Bonchev–Trinajstić information content (AvgIpc) is 3.23. The molecule has 0 spiro atoms. The van der Waals surface area contributed by atoms with Crippen LogP contribution in [0, 0.1) is 17.2 Å². The number of nitrogens with one attached hydrogen (secondary N) is 1. The third-order valence-corrected chi connectivity index (χ3v) is 3.61. The van der Waals surface area contributed by atoms with Gasteiger partial charge in [-0.15, -0.1) is 0 Å². The van der Waals surface area contributed by atoms with Crippen LogP contribution in [0.2, 0.25) is 0 Å². The highest BCUT2D eigenvalue weighted by molar-refractivity contribution is 5.97. The van der Waals surface area contributed by atoms with Crippen molar-refractivity contribution in [2.45, 2.75) is 19.3 Å². The number of fused-ring (bicyclic) bond motifs is 1. The second-order valence-corrected chi connectivity index (χ2v) is 4.98. The summed E-state index contributed by atoms with van der Waals surface area (Å²) in [4.78, 5) is 0. The summed E-state index contributed by atoms with van der Waals surface area (Å²) in [7, 11) is 0. The zero-order valence-corrected chi connectivity index (χ0v) is 10.3. The van der Waals surface area contributed by atoms with Crippen molar-refractivity contribution in [2.75, 3.05) is 11.9 Å². The molecule has 0 aliphatic heterocycles. The third-order valence-electron chi connectivity index (χ3n) is 3.61. The van der Waals surface area contributed by atoms with E-state index < -0.39 is 0 Å². The van der Waals surface area contributed by atoms with Crippen LogP contribution in [0.5, 0.6) is 0 Å². The van der Waals surface area contributed by atoms with E-state index in [1.54, 1.807) is 0 Å².